The summed E-state index contributed by atoms with van der Waals surface area (Å²) in [5.41, 5.74) is 0.553. The molecule has 0 fully saturated rings. The SMILES string of the molecule is CCOC(=O)C(=O)c1c[nH]c2c(C#N)ncc(OC)c12. The van der Waals surface area contributed by atoms with Gasteiger partial charge in [0.05, 0.1) is 36.4 Å². The van der Waals surface area contributed by atoms with Gasteiger partial charge < -0.3 is 14.5 Å². The lowest BCUT2D eigenvalue weighted by Gasteiger charge is -2.04. The number of ketones is 1. The number of carbonyl (C=O) groups is 2. The normalized spacial score (nSPS) is 10.1. The van der Waals surface area contributed by atoms with Gasteiger partial charge in [-0.15, -0.1) is 0 Å². The number of ether oxygens (including phenoxy) is 2. The number of Topliss-reactive ketones (excluding diaryl/α,β-unsaturated/α-hetero) is 1. The van der Waals surface area contributed by atoms with Gasteiger partial charge in [0.2, 0.25) is 0 Å². The van der Waals surface area contributed by atoms with Gasteiger partial charge in [0.15, 0.2) is 5.69 Å². The lowest BCUT2D eigenvalue weighted by atomic mass is 10.1. The maximum absolute atomic E-state index is 12.0. The smallest absolute Gasteiger partial charge is 0.379 e. The van der Waals surface area contributed by atoms with Crippen molar-refractivity contribution in [1.82, 2.24) is 9.97 Å². The number of esters is 1. The zero-order valence-electron chi connectivity index (χ0n) is 10.9. The van der Waals surface area contributed by atoms with Crippen LogP contribution in [0, 0.1) is 11.3 Å². The van der Waals surface area contributed by atoms with Crippen molar-refractivity contribution in [2.75, 3.05) is 13.7 Å². The molecule has 7 heteroatoms. The van der Waals surface area contributed by atoms with E-state index in [1.54, 1.807) is 6.92 Å². The van der Waals surface area contributed by atoms with Gasteiger partial charge in [-0.25, -0.2) is 9.78 Å². The van der Waals surface area contributed by atoms with Gasteiger partial charge in [0.1, 0.15) is 11.8 Å². The Labute approximate surface area is 114 Å². The number of rotatable bonds is 4. The molecule has 0 bridgehead atoms. The molecule has 0 aromatic carbocycles. The zero-order chi connectivity index (χ0) is 14.7. The highest BCUT2D eigenvalue weighted by Crippen LogP contribution is 2.30. The number of hydrogen-bond acceptors (Lipinski definition) is 6. The van der Waals surface area contributed by atoms with Crippen LogP contribution in [-0.2, 0) is 9.53 Å². The Balaban J connectivity index is 2.64. The Hall–Kier alpha value is -2.88. The van der Waals surface area contributed by atoms with Crippen molar-refractivity contribution >= 4 is 22.7 Å². The van der Waals surface area contributed by atoms with E-state index in [0.29, 0.717) is 16.7 Å². The molecule has 0 aliphatic carbocycles. The van der Waals surface area contributed by atoms with E-state index in [1.807, 2.05) is 6.07 Å². The Morgan fingerprint density at radius 1 is 1.50 bits per heavy atom. The van der Waals surface area contributed by atoms with E-state index < -0.39 is 11.8 Å². The Bertz CT molecular complexity index is 727. The minimum absolute atomic E-state index is 0.0919. The van der Waals surface area contributed by atoms with Crippen molar-refractivity contribution in [1.29, 1.82) is 5.26 Å². The fourth-order valence-corrected chi connectivity index (χ4v) is 1.84. The Morgan fingerprint density at radius 3 is 2.85 bits per heavy atom. The number of nitriles is 1. The number of carbonyl (C=O) groups excluding carboxylic acids is 2. The molecule has 0 saturated heterocycles. The molecule has 0 aliphatic heterocycles. The van der Waals surface area contributed by atoms with Crippen LogP contribution in [-0.4, -0.2) is 35.4 Å². The van der Waals surface area contributed by atoms with Gasteiger partial charge in [-0.2, -0.15) is 5.26 Å². The first-order valence-corrected chi connectivity index (χ1v) is 5.79. The molecule has 1 N–H and O–H groups in total. The van der Waals surface area contributed by atoms with E-state index >= 15 is 0 Å². The summed E-state index contributed by atoms with van der Waals surface area (Å²) in [6, 6.07) is 1.90. The van der Waals surface area contributed by atoms with Crippen molar-refractivity contribution in [2.24, 2.45) is 0 Å². The second-order valence-corrected chi connectivity index (χ2v) is 3.79. The van der Waals surface area contributed by atoms with Crippen LogP contribution in [0.5, 0.6) is 5.75 Å². The predicted molar refractivity (Wildman–Crippen MR) is 68.3 cm³/mol. The molecule has 2 rings (SSSR count). The number of hydrogen-bond donors (Lipinski definition) is 1. The van der Waals surface area contributed by atoms with Crippen LogP contribution in [0.4, 0.5) is 0 Å². The predicted octanol–water partition coefficient (Wildman–Crippen LogP) is 1.19. The quantitative estimate of drug-likeness (QED) is 0.509. The molecule has 2 aromatic heterocycles. The van der Waals surface area contributed by atoms with Gasteiger partial charge in [-0.1, -0.05) is 0 Å². The molecule has 0 unspecified atom stereocenters. The van der Waals surface area contributed by atoms with Gasteiger partial charge in [-0.3, -0.25) is 4.79 Å². The summed E-state index contributed by atoms with van der Waals surface area (Å²) in [7, 11) is 1.41. The number of aromatic amines is 1. The molecule has 0 spiro atoms. The molecule has 0 aliphatic rings. The topological polar surface area (TPSA) is 105 Å². The second-order valence-electron chi connectivity index (χ2n) is 3.79. The van der Waals surface area contributed by atoms with Crippen molar-refractivity contribution in [2.45, 2.75) is 6.92 Å². The van der Waals surface area contributed by atoms with Crippen molar-refractivity contribution in [3.8, 4) is 11.8 Å². The van der Waals surface area contributed by atoms with E-state index in [4.69, 9.17) is 10.00 Å². The number of aromatic nitrogens is 2. The fraction of sp³-hybridized carbons (Fsp3) is 0.231. The summed E-state index contributed by atoms with van der Waals surface area (Å²) in [5, 5.41) is 9.34. The summed E-state index contributed by atoms with van der Waals surface area (Å²) >= 11 is 0. The van der Waals surface area contributed by atoms with Gasteiger partial charge in [0.25, 0.3) is 5.78 Å². The highest BCUT2D eigenvalue weighted by molar-refractivity contribution is 6.43. The molecule has 2 aromatic rings. The summed E-state index contributed by atoms with van der Waals surface area (Å²) in [5.74, 6) is -1.45. The third kappa shape index (κ3) is 2.07. The van der Waals surface area contributed by atoms with Crippen LogP contribution in [0.2, 0.25) is 0 Å². The summed E-state index contributed by atoms with van der Waals surface area (Å²) in [6.45, 7) is 1.72. The third-order valence-electron chi connectivity index (χ3n) is 2.71. The van der Waals surface area contributed by atoms with Crippen molar-refractivity contribution in [3.05, 3.63) is 23.7 Å². The minimum atomic E-state index is -0.953. The molecule has 2 heterocycles. The van der Waals surface area contributed by atoms with Crippen LogP contribution < -0.4 is 4.74 Å². The number of nitrogens with one attached hydrogen (secondary N) is 1. The standard InChI is InChI=1S/C13H11N3O4/c1-3-20-13(18)12(17)7-5-16-11-8(4-14)15-6-9(19-2)10(7)11/h5-6,16H,3H2,1-2H3. The van der Waals surface area contributed by atoms with E-state index in [-0.39, 0.29) is 17.9 Å². The van der Waals surface area contributed by atoms with Crippen LogP contribution in [0.3, 0.4) is 0 Å². The average molecular weight is 273 g/mol. The molecule has 0 atom stereocenters. The lowest BCUT2D eigenvalue weighted by Crippen LogP contribution is -2.17. The number of nitrogens with zero attached hydrogens (tertiary/aromatic N) is 2. The fourth-order valence-electron chi connectivity index (χ4n) is 1.84. The van der Waals surface area contributed by atoms with Crippen molar-refractivity contribution in [3.63, 3.8) is 0 Å². The molecule has 7 nitrogen and oxygen atoms in total. The first-order chi connectivity index (χ1) is 9.63. The summed E-state index contributed by atoms with van der Waals surface area (Å²) in [6.07, 6.45) is 2.67. The molecule has 0 radical (unpaired) electrons. The molecule has 102 valence electrons. The zero-order valence-corrected chi connectivity index (χ0v) is 10.9. The van der Waals surface area contributed by atoms with E-state index in [9.17, 15) is 9.59 Å². The summed E-state index contributed by atoms with van der Waals surface area (Å²) in [4.78, 5) is 30.2. The van der Waals surface area contributed by atoms with Gasteiger partial charge in [-0.05, 0) is 6.92 Å². The lowest BCUT2D eigenvalue weighted by molar-refractivity contribution is -0.137. The van der Waals surface area contributed by atoms with Crippen LogP contribution in [0.15, 0.2) is 12.4 Å². The molecule has 20 heavy (non-hydrogen) atoms. The maximum Gasteiger partial charge on any atom is 0.379 e. The Morgan fingerprint density at radius 2 is 2.25 bits per heavy atom. The Kier molecular flexibility index (Phi) is 3.66. The highest BCUT2D eigenvalue weighted by Gasteiger charge is 2.24. The largest absolute Gasteiger partial charge is 0.494 e. The third-order valence-corrected chi connectivity index (χ3v) is 2.71. The van der Waals surface area contributed by atoms with Crippen molar-refractivity contribution < 1.29 is 19.1 Å². The first kappa shape index (κ1) is 13.5. The van der Waals surface area contributed by atoms with Crippen LogP contribution in [0.25, 0.3) is 10.9 Å². The average Bonchev–Trinajstić information content (AvgIpc) is 2.90. The molecular weight excluding hydrogens is 262 g/mol. The monoisotopic (exact) mass is 273 g/mol. The van der Waals surface area contributed by atoms with Crippen LogP contribution >= 0.6 is 0 Å². The second kappa shape index (κ2) is 5.40. The molecule has 0 saturated carbocycles. The van der Waals surface area contributed by atoms with E-state index in [2.05, 4.69) is 14.7 Å². The first-order valence-electron chi connectivity index (χ1n) is 5.79. The number of H-pyrrole nitrogens is 1. The highest BCUT2D eigenvalue weighted by atomic mass is 16.5. The van der Waals surface area contributed by atoms with E-state index in [1.165, 1.54) is 19.5 Å². The molecular formula is C13H11N3O4. The molecule has 0 amide bonds. The van der Waals surface area contributed by atoms with Gasteiger partial charge >= 0.3 is 5.97 Å². The number of methoxy groups -OCH3 is 1. The minimum Gasteiger partial charge on any atom is -0.494 e. The van der Waals surface area contributed by atoms with E-state index in [0.717, 1.165) is 0 Å². The number of pyridine rings is 1. The van der Waals surface area contributed by atoms with Crippen LogP contribution in [0.1, 0.15) is 23.0 Å². The maximum atomic E-state index is 12.0. The van der Waals surface area contributed by atoms with Gasteiger partial charge in [0, 0.05) is 6.20 Å². The summed E-state index contributed by atoms with van der Waals surface area (Å²) < 4.78 is 9.80. The number of fused-ring (bicyclic) bond motifs is 1.